The third kappa shape index (κ3) is 4.16. The molecule has 0 bridgehead atoms. The molecule has 0 radical (unpaired) electrons. The van der Waals surface area contributed by atoms with Crippen molar-refractivity contribution in [2.45, 2.75) is 19.1 Å². The summed E-state index contributed by atoms with van der Waals surface area (Å²) in [5.74, 6) is -0.964. The molecule has 1 aromatic carbocycles. The van der Waals surface area contributed by atoms with E-state index < -0.39 is 25.0 Å². The second-order valence-corrected chi connectivity index (χ2v) is 4.06. The fourth-order valence-electron chi connectivity index (χ4n) is 1.12. The summed E-state index contributed by atoms with van der Waals surface area (Å²) in [5.41, 5.74) is 5.86. The van der Waals surface area contributed by atoms with Gasteiger partial charge in [0, 0.05) is 6.54 Å². The lowest BCUT2D eigenvalue weighted by molar-refractivity contribution is -0.139. The number of hydrogen-bond acceptors (Lipinski definition) is 2. The SMILES string of the molecule is NCc1ccc(OCCC(F)(F)F)c(F)c1Br. The van der Waals surface area contributed by atoms with E-state index in [9.17, 15) is 17.6 Å². The molecule has 0 spiro atoms. The van der Waals surface area contributed by atoms with Crippen molar-refractivity contribution in [3.05, 3.63) is 28.0 Å². The Hall–Kier alpha value is -0.820. The zero-order valence-corrected chi connectivity index (χ0v) is 10.2. The minimum atomic E-state index is -4.31. The van der Waals surface area contributed by atoms with Crippen LogP contribution >= 0.6 is 15.9 Å². The van der Waals surface area contributed by atoms with Gasteiger partial charge in [-0.2, -0.15) is 13.2 Å². The third-order valence-electron chi connectivity index (χ3n) is 1.99. The Morgan fingerprint density at radius 2 is 1.94 bits per heavy atom. The number of hydrogen-bond donors (Lipinski definition) is 1. The number of benzene rings is 1. The van der Waals surface area contributed by atoms with Crippen LogP contribution in [-0.4, -0.2) is 12.8 Å². The minimum Gasteiger partial charge on any atom is -0.490 e. The maximum Gasteiger partial charge on any atom is 0.392 e. The van der Waals surface area contributed by atoms with Gasteiger partial charge in [-0.3, -0.25) is 0 Å². The molecule has 1 rings (SSSR count). The first-order valence-electron chi connectivity index (χ1n) is 4.71. The van der Waals surface area contributed by atoms with Gasteiger partial charge in [0.15, 0.2) is 11.6 Å². The van der Waals surface area contributed by atoms with Crippen molar-refractivity contribution >= 4 is 15.9 Å². The van der Waals surface area contributed by atoms with Gasteiger partial charge < -0.3 is 10.5 Å². The monoisotopic (exact) mass is 315 g/mol. The maximum absolute atomic E-state index is 13.6. The molecule has 0 saturated heterocycles. The van der Waals surface area contributed by atoms with Crippen molar-refractivity contribution in [3.63, 3.8) is 0 Å². The average molecular weight is 316 g/mol. The summed E-state index contributed by atoms with van der Waals surface area (Å²) in [6, 6.07) is 2.76. The standard InChI is InChI=1S/C10H10BrF4NO/c11-8-6(5-16)1-2-7(9(8)12)17-4-3-10(13,14)15/h1-2H,3-5,16H2. The summed E-state index contributed by atoms with van der Waals surface area (Å²) in [7, 11) is 0. The van der Waals surface area contributed by atoms with Gasteiger partial charge >= 0.3 is 6.18 Å². The Balaban J connectivity index is 2.70. The van der Waals surface area contributed by atoms with E-state index in [1.165, 1.54) is 12.1 Å². The minimum absolute atomic E-state index is 0.115. The van der Waals surface area contributed by atoms with E-state index in [0.717, 1.165) is 0 Å². The zero-order valence-electron chi connectivity index (χ0n) is 8.65. The second kappa shape index (κ2) is 5.68. The van der Waals surface area contributed by atoms with Crippen LogP contribution in [0.5, 0.6) is 5.75 Å². The van der Waals surface area contributed by atoms with Crippen LogP contribution in [-0.2, 0) is 6.54 Å². The van der Waals surface area contributed by atoms with Crippen molar-refractivity contribution in [2.24, 2.45) is 5.73 Å². The molecule has 0 fully saturated rings. The fourth-order valence-corrected chi connectivity index (χ4v) is 1.61. The molecular formula is C10H10BrF4NO. The zero-order chi connectivity index (χ0) is 13.1. The van der Waals surface area contributed by atoms with Gasteiger partial charge in [0.2, 0.25) is 0 Å². The number of halogens is 5. The van der Waals surface area contributed by atoms with Crippen LogP contribution in [0.15, 0.2) is 16.6 Å². The number of rotatable bonds is 4. The largest absolute Gasteiger partial charge is 0.490 e. The second-order valence-electron chi connectivity index (χ2n) is 3.27. The molecule has 96 valence electrons. The fraction of sp³-hybridized carbons (Fsp3) is 0.400. The first-order chi connectivity index (χ1) is 7.85. The Bertz CT molecular complexity index is 395. The predicted molar refractivity (Wildman–Crippen MR) is 58.2 cm³/mol. The van der Waals surface area contributed by atoms with E-state index >= 15 is 0 Å². The van der Waals surface area contributed by atoms with Crippen LogP contribution < -0.4 is 10.5 Å². The molecule has 0 heterocycles. The molecule has 0 aliphatic rings. The van der Waals surface area contributed by atoms with Crippen molar-refractivity contribution in [1.29, 1.82) is 0 Å². The Morgan fingerprint density at radius 3 is 2.47 bits per heavy atom. The Labute approximate surface area is 104 Å². The molecular weight excluding hydrogens is 306 g/mol. The summed E-state index contributed by atoms with van der Waals surface area (Å²) < 4.78 is 54.0. The predicted octanol–water partition coefficient (Wildman–Crippen LogP) is 3.38. The summed E-state index contributed by atoms with van der Waals surface area (Å²) in [6.45, 7) is -0.491. The van der Waals surface area contributed by atoms with Crippen molar-refractivity contribution in [1.82, 2.24) is 0 Å². The van der Waals surface area contributed by atoms with Gasteiger partial charge in [0.1, 0.15) is 0 Å². The molecule has 0 amide bonds. The number of alkyl halides is 3. The van der Waals surface area contributed by atoms with Crippen LogP contribution in [0.1, 0.15) is 12.0 Å². The lowest BCUT2D eigenvalue weighted by atomic mass is 10.2. The van der Waals surface area contributed by atoms with E-state index in [4.69, 9.17) is 10.5 Å². The lowest BCUT2D eigenvalue weighted by Gasteiger charge is -2.11. The highest BCUT2D eigenvalue weighted by Gasteiger charge is 2.27. The quantitative estimate of drug-likeness (QED) is 0.865. The Morgan fingerprint density at radius 1 is 1.29 bits per heavy atom. The molecule has 0 aliphatic carbocycles. The van der Waals surface area contributed by atoms with E-state index in [1.54, 1.807) is 0 Å². The van der Waals surface area contributed by atoms with Gasteiger partial charge in [-0.25, -0.2) is 4.39 Å². The molecule has 0 unspecified atom stereocenters. The molecule has 0 aliphatic heterocycles. The topological polar surface area (TPSA) is 35.2 Å². The normalized spacial score (nSPS) is 11.6. The van der Waals surface area contributed by atoms with Gasteiger partial charge in [-0.15, -0.1) is 0 Å². The van der Waals surface area contributed by atoms with Gasteiger partial charge in [-0.1, -0.05) is 6.07 Å². The molecule has 2 nitrogen and oxygen atoms in total. The molecule has 0 atom stereocenters. The van der Waals surface area contributed by atoms with E-state index in [1.807, 2.05) is 0 Å². The van der Waals surface area contributed by atoms with Crippen molar-refractivity contribution in [3.8, 4) is 5.75 Å². The van der Waals surface area contributed by atoms with Crippen LogP contribution in [0.4, 0.5) is 17.6 Å². The smallest absolute Gasteiger partial charge is 0.392 e. The lowest BCUT2D eigenvalue weighted by Crippen LogP contribution is -2.13. The third-order valence-corrected chi connectivity index (χ3v) is 2.85. The Kier molecular flexibility index (Phi) is 4.76. The highest BCUT2D eigenvalue weighted by atomic mass is 79.9. The van der Waals surface area contributed by atoms with Gasteiger partial charge in [0.25, 0.3) is 0 Å². The van der Waals surface area contributed by atoms with Crippen molar-refractivity contribution in [2.75, 3.05) is 6.61 Å². The van der Waals surface area contributed by atoms with E-state index in [-0.39, 0.29) is 16.8 Å². The molecule has 0 saturated carbocycles. The number of nitrogens with two attached hydrogens (primary N) is 1. The summed E-state index contributed by atoms with van der Waals surface area (Å²) >= 11 is 2.97. The van der Waals surface area contributed by atoms with Crippen LogP contribution in [0.2, 0.25) is 0 Å². The van der Waals surface area contributed by atoms with Gasteiger partial charge in [0.05, 0.1) is 17.5 Å². The van der Waals surface area contributed by atoms with E-state index in [2.05, 4.69) is 15.9 Å². The first kappa shape index (κ1) is 14.2. The molecule has 2 N–H and O–H groups in total. The maximum atomic E-state index is 13.6. The highest BCUT2D eigenvalue weighted by molar-refractivity contribution is 9.10. The van der Waals surface area contributed by atoms with Crippen LogP contribution in [0.25, 0.3) is 0 Å². The summed E-state index contributed by atoms with van der Waals surface area (Å²) in [5, 5.41) is 0. The molecule has 7 heteroatoms. The first-order valence-corrected chi connectivity index (χ1v) is 5.51. The summed E-state index contributed by atoms with van der Waals surface area (Å²) in [6.07, 6.45) is -5.44. The highest BCUT2D eigenvalue weighted by Crippen LogP contribution is 2.29. The van der Waals surface area contributed by atoms with Crippen LogP contribution in [0, 0.1) is 5.82 Å². The van der Waals surface area contributed by atoms with E-state index in [0.29, 0.717) is 5.56 Å². The van der Waals surface area contributed by atoms with Crippen LogP contribution in [0.3, 0.4) is 0 Å². The van der Waals surface area contributed by atoms with Crippen molar-refractivity contribution < 1.29 is 22.3 Å². The van der Waals surface area contributed by atoms with Gasteiger partial charge in [-0.05, 0) is 27.6 Å². The molecule has 0 aromatic heterocycles. The molecule has 1 aromatic rings. The molecule has 17 heavy (non-hydrogen) atoms. The summed E-state index contributed by atoms with van der Waals surface area (Å²) in [4.78, 5) is 0. The average Bonchev–Trinajstić information content (AvgIpc) is 2.23. The number of ether oxygens (including phenoxy) is 1.